The molecule has 1 aliphatic rings. The molecule has 0 unspecified atom stereocenters. The van der Waals surface area contributed by atoms with Crippen molar-refractivity contribution >= 4 is 22.6 Å². The zero-order valence-corrected chi connectivity index (χ0v) is 13.8. The van der Waals surface area contributed by atoms with Crippen LogP contribution in [0.1, 0.15) is 5.69 Å². The summed E-state index contributed by atoms with van der Waals surface area (Å²) in [4.78, 5) is 14.3. The molecule has 1 N–H and O–H groups in total. The number of amides is 2. The van der Waals surface area contributed by atoms with E-state index in [2.05, 4.69) is 9.88 Å². The Kier molecular flexibility index (Phi) is 3.80. The van der Waals surface area contributed by atoms with Crippen molar-refractivity contribution < 1.29 is 13.9 Å². The maximum absolute atomic E-state index is 13.4. The highest BCUT2D eigenvalue weighted by molar-refractivity contribution is 5.90. The van der Waals surface area contributed by atoms with Crippen molar-refractivity contribution in [1.82, 2.24) is 9.47 Å². The number of halogens is 1. The van der Waals surface area contributed by atoms with Crippen molar-refractivity contribution in [2.24, 2.45) is 0 Å². The lowest BCUT2D eigenvalue weighted by Crippen LogP contribution is -2.40. The van der Waals surface area contributed by atoms with Crippen LogP contribution in [-0.4, -0.2) is 29.2 Å². The molecule has 0 bridgehead atoms. The van der Waals surface area contributed by atoms with Crippen molar-refractivity contribution in [3.05, 3.63) is 60.0 Å². The number of fused-ring (bicyclic) bond motifs is 3. The number of carbonyl (C=O) groups is 1. The summed E-state index contributed by atoms with van der Waals surface area (Å²) < 4.78 is 20.7. The van der Waals surface area contributed by atoms with Gasteiger partial charge in [0, 0.05) is 41.4 Å². The Bertz CT molecular complexity index is 951. The third-order valence-electron chi connectivity index (χ3n) is 4.50. The lowest BCUT2D eigenvalue weighted by Gasteiger charge is -2.29. The molecule has 2 aromatic carbocycles. The molecule has 6 heteroatoms. The zero-order chi connectivity index (χ0) is 17.4. The van der Waals surface area contributed by atoms with Crippen LogP contribution in [0.25, 0.3) is 10.9 Å². The summed E-state index contributed by atoms with van der Waals surface area (Å²) in [5.41, 5.74) is 2.70. The molecule has 5 nitrogen and oxygen atoms in total. The van der Waals surface area contributed by atoms with Crippen LogP contribution < -0.4 is 10.1 Å². The largest absolute Gasteiger partial charge is 0.497 e. The molecule has 0 saturated heterocycles. The number of methoxy groups -OCH3 is 1. The van der Waals surface area contributed by atoms with Crippen LogP contribution in [0.2, 0.25) is 0 Å². The van der Waals surface area contributed by atoms with Crippen LogP contribution in [0.5, 0.6) is 5.75 Å². The standard InChI is InChI=1S/C19H18FN3O2/c1-25-17-4-2-3-15(11-17)21-19(24)22-7-8-23-16(12-22)10-13-9-14(20)5-6-18(13)23/h2-6,9-11H,7-8,12H2,1H3,(H,21,24). The molecule has 3 aromatic rings. The predicted octanol–water partition coefficient (Wildman–Crippen LogP) is 3.84. The van der Waals surface area contributed by atoms with Crippen LogP contribution in [0.3, 0.4) is 0 Å². The lowest BCUT2D eigenvalue weighted by atomic mass is 10.2. The van der Waals surface area contributed by atoms with Crippen molar-refractivity contribution in [3.8, 4) is 5.75 Å². The predicted molar refractivity (Wildman–Crippen MR) is 94.3 cm³/mol. The fourth-order valence-electron chi connectivity index (χ4n) is 3.27. The number of rotatable bonds is 2. The van der Waals surface area contributed by atoms with Crippen LogP contribution in [0.4, 0.5) is 14.9 Å². The molecule has 4 rings (SSSR count). The van der Waals surface area contributed by atoms with Gasteiger partial charge in [0.15, 0.2) is 0 Å². The number of nitrogens with zero attached hydrogens (tertiary/aromatic N) is 2. The highest BCUT2D eigenvalue weighted by atomic mass is 19.1. The van der Waals surface area contributed by atoms with E-state index < -0.39 is 0 Å². The minimum atomic E-state index is -0.247. The normalized spacial score (nSPS) is 13.6. The zero-order valence-electron chi connectivity index (χ0n) is 13.8. The fourth-order valence-corrected chi connectivity index (χ4v) is 3.27. The van der Waals surface area contributed by atoms with Gasteiger partial charge >= 0.3 is 6.03 Å². The summed E-state index contributed by atoms with van der Waals surface area (Å²) >= 11 is 0. The molecule has 1 aliphatic heterocycles. The molecule has 2 heterocycles. The van der Waals surface area contributed by atoms with Gasteiger partial charge in [0.25, 0.3) is 0 Å². The van der Waals surface area contributed by atoms with Gasteiger partial charge < -0.3 is 19.5 Å². The van der Waals surface area contributed by atoms with E-state index in [0.29, 0.717) is 31.1 Å². The van der Waals surface area contributed by atoms with Gasteiger partial charge in [0.05, 0.1) is 13.7 Å². The van der Waals surface area contributed by atoms with E-state index >= 15 is 0 Å². The van der Waals surface area contributed by atoms with Gasteiger partial charge in [-0.05, 0) is 36.4 Å². The SMILES string of the molecule is COc1cccc(NC(=O)N2CCn3c(cc4cc(F)ccc43)C2)c1. The number of hydrogen-bond donors (Lipinski definition) is 1. The summed E-state index contributed by atoms with van der Waals surface area (Å²) in [6.45, 7) is 1.78. The second-order valence-corrected chi connectivity index (χ2v) is 6.07. The van der Waals surface area contributed by atoms with E-state index in [0.717, 1.165) is 16.6 Å². The smallest absolute Gasteiger partial charge is 0.322 e. The molecule has 0 atom stereocenters. The van der Waals surface area contributed by atoms with Crippen molar-refractivity contribution in [3.63, 3.8) is 0 Å². The Balaban J connectivity index is 1.53. The van der Waals surface area contributed by atoms with Crippen LogP contribution in [0.15, 0.2) is 48.5 Å². The minimum Gasteiger partial charge on any atom is -0.497 e. The Morgan fingerprint density at radius 1 is 1.16 bits per heavy atom. The number of carbonyl (C=O) groups excluding carboxylic acids is 1. The first kappa shape index (κ1) is 15.5. The third kappa shape index (κ3) is 2.91. The van der Waals surface area contributed by atoms with E-state index in [4.69, 9.17) is 4.74 Å². The van der Waals surface area contributed by atoms with Crippen molar-refractivity contribution in [1.29, 1.82) is 0 Å². The number of aromatic nitrogens is 1. The number of anilines is 1. The second-order valence-electron chi connectivity index (χ2n) is 6.07. The van der Waals surface area contributed by atoms with Crippen molar-refractivity contribution in [2.75, 3.05) is 19.0 Å². The average molecular weight is 339 g/mol. The molecule has 0 aliphatic carbocycles. The Hall–Kier alpha value is -3.02. The van der Waals surface area contributed by atoms with Gasteiger partial charge in [-0.2, -0.15) is 0 Å². The van der Waals surface area contributed by atoms with E-state index in [1.54, 1.807) is 24.1 Å². The van der Waals surface area contributed by atoms with Crippen LogP contribution in [-0.2, 0) is 13.1 Å². The molecule has 25 heavy (non-hydrogen) atoms. The fraction of sp³-hybridized carbons (Fsp3) is 0.211. The molecular formula is C19H18FN3O2. The van der Waals surface area contributed by atoms with E-state index in [-0.39, 0.29) is 11.8 Å². The highest BCUT2D eigenvalue weighted by Gasteiger charge is 2.22. The molecule has 2 amide bonds. The van der Waals surface area contributed by atoms with Crippen molar-refractivity contribution in [2.45, 2.75) is 13.1 Å². The average Bonchev–Trinajstić information content (AvgIpc) is 2.98. The van der Waals surface area contributed by atoms with Crippen LogP contribution in [0, 0.1) is 5.82 Å². The molecular weight excluding hydrogens is 321 g/mol. The van der Waals surface area contributed by atoms with E-state index in [1.165, 1.54) is 12.1 Å². The molecule has 128 valence electrons. The first-order valence-electron chi connectivity index (χ1n) is 8.12. The summed E-state index contributed by atoms with van der Waals surface area (Å²) in [5, 5.41) is 3.76. The monoisotopic (exact) mass is 339 g/mol. The van der Waals surface area contributed by atoms with Gasteiger partial charge in [0.2, 0.25) is 0 Å². The molecule has 0 radical (unpaired) electrons. The third-order valence-corrected chi connectivity index (χ3v) is 4.50. The quantitative estimate of drug-likeness (QED) is 0.771. The number of hydrogen-bond acceptors (Lipinski definition) is 2. The first-order valence-corrected chi connectivity index (χ1v) is 8.12. The van der Waals surface area contributed by atoms with Gasteiger partial charge in [-0.3, -0.25) is 0 Å². The van der Waals surface area contributed by atoms with E-state index in [9.17, 15) is 9.18 Å². The van der Waals surface area contributed by atoms with Gasteiger partial charge in [-0.1, -0.05) is 6.07 Å². The number of benzene rings is 2. The Labute approximate surface area is 144 Å². The molecule has 1 aromatic heterocycles. The molecule has 0 fully saturated rings. The Morgan fingerprint density at radius 2 is 2.04 bits per heavy atom. The van der Waals surface area contributed by atoms with Gasteiger partial charge in [0.1, 0.15) is 11.6 Å². The first-order chi connectivity index (χ1) is 12.1. The lowest BCUT2D eigenvalue weighted by molar-refractivity contribution is 0.198. The highest BCUT2D eigenvalue weighted by Crippen LogP contribution is 2.25. The summed E-state index contributed by atoms with van der Waals surface area (Å²) in [6, 6.07) is 13.8. The van der Waals surface area contributed by atoms with Gasteiger partial charge in [-0.25, -0.2) is 9.18 Å². The minimum absolute atomic E-state index is 0.157. The number of nitrogens with one attached hydrogen (secondary N) is 1. The van der Waals surface area contributed by atoms with Gasteiger partial charge in [-0.15, -0.1) is 0 Å². The Morgan fingerprint density at radius 3 is 2.88 bits per heavy atom. The number of ether oxygens (including phenoxy) is 1. The number of urea groups is 1. The maximum Gasteiger partial charge on any atom is 0.322 e. The summed E-state index contributed by atoms with van der Waals surface area (Å²) in [7, 11) is 1.59. The summed E-state index contributed by atoms with van der Waals surface area (Å²) in [5.74, 6) is 0.446. The van der Waals surface area contributed by atoms with Crippen LogP contribution >= 0.6 is 0 Å². The summed E-state index contributed by atoms with van der Waals surface area (Å²) in [6.07, 6.45) is 0. The molecule has 0 spiro atoms. The second kappa shape index (κ2) is 6.12. The topological polar surface area (TPSA) is 46.5 Å². The maximum atomic E-state index is 13.4. The van der Waals surface area contributed by atoms with E-state index in [1.807, 2.05) is 24.3 Å². The molecule has 0 saturated carbocycles.